The minimum absolute atomic E-state index is 0.0195. The third kappa shape index (κ3) is 3.15. The molecule has 3 heterocycles. The summed E-state index contributed by atoms with van der Waals surface area (Å²) in [6.07, 6.45) is 4.88. The second-order valence-corrected chi connectivity index (χ2v) is 6.12. The average molecular weight is 338 g/mol. The summed E-state index contributed by atoms with van der Waals surface area (Å²) in [4.78, 5) is 14.2. The standard InChI is InChI=1S/C17H18N6O2/c1-22-11-15(19-21-22)17(24)23-8-6-13(7-9-23)25-16-14-5-3-2-4-12(14)10-18-20-16/h2-5,10-11,13H,6-9H2,1H3. The van der Waals surface area contributed by atoms with Gasteiger partial charge in [0.2, 0.25) is 5.88 Å². The number of piperidine rings is 1. The monoisotopic (exact) mass is 338 g/mol. The van der Waals surface area contributed by atoms with Crippen LogP contribution in [0.25, 0.3) is 10.8 Å². The number of benzene rings is 1. The highest BCUT2D eigenvalue weighted by atomic mass is 16.5. The van der Waals surface area contributed by atoms with Gasteiger partial charge < -0.3 is 9.64 Å². The van der Waals surface area contributed by atoms with Crippen molar-refractivity contribution in [2.45, 2.75) is 18.9 Å². The molecule has 3 aromatic rings. The van der Waals surface area contributed by atoms with Gasteiger partial charge in [-0.15, -0.1) is 10.2 Å². The van der Waals surface area contributed by atoms with Crippen molar-refractivity contribution in [3.8, 4) is 5.88 Å². The summed E-state index contributed by atoms with van der Waals surface area (Å²) in [5.41, 5.74) is 0.377. The van der Waals surface area contributed by atoms with Gasteiger partial charge in [-0.05, 0) is 6.07 Å². The van der Waals surface area contributed by atoms with Gasteiger partial charge in [-0.1, -0.05) is 23.4 Å². The summed E-state index contributed by atoms with van der Waals surface area (Å²) >= 11 is 0. The molecule has 8 nitrogen and oxygen atoms in total. The summed E-state index contributed by atoms with van der Waals surface area (Å²) in [6, 6.07) is 7.88. The van der Waals surface area contributed by atoms with Crippen LogP contribution in [0.2, 0.25) is 0 Å². The maximum atomic E-state index is 12.4. The van der Waals surface area contributed by atoms with Crippen molar-refractivity contribution in [2.24, 2.45) is 7.05 Å². The summed E-state index contributed by atoms with van der Waals surface area (Å²) in [6.45, 7) is 1.25. The Labute approximate surface area is 144 Å². The summed E-state index contributed by atoms with van der Waals surface area (Å²) in [7, 11) is 1.75. The molecule has 0 radical (unpaired) electrons. The van der Waals surface area contributed by atoms with E-state index in [4.69, 9.17) is 4.74 Å². The number of aromatic nitrogens is 5. The zero-order valence-corrected chi connectivity index (χ0v) is 13.9. The number of nitrogens with zero attached hydrogens (tertiary/aromatic N) is 6. The SMILES string of the molecule is Cn1cc(C(=O)N2CCC(Oc3nncc4ccccc34)CC2)nn1. The molecule has 0 spiro atoms. The van der Waals surface area contributed by atoms with Gasteiger partial charge in [0.05, 0.1) is 12.4 Å². The lowest BCUT2D eigenvalue weighted by atomic mass is 10.1. The van der Waals surface area contributed by atoms with Crippen LogP contribution in [0.4, 0.5) is 0 Å². The Balaban J connectivity index is 1.41. The Kier molecular flexibility index (Phi) is 4.01. The third-order valence-electron chi connectivity index (χ3n) is 4.37. The van der Waals surface area contributed by atoms with E-state index in [0.29, 0.717) is 24.7 Å². The fourth-order valence-corrected chi connectivity index (χ4v) is 3.03. The number of fused-ring (bicyclic) bond motifs is 1. The van der Waals surface area contributed by atoms with Crippen LogP contribution in [0.15, 0.2) is 36.7 Å². The quantitative estimate of drug-likeness (QED) is 0.718. The fraction of sp³-hybridized carbons (Fsp3) is 0.353. The molecule has 0 unspecified atom stereocenters. The number of carbonyl (C=O) groups is 1. The Morgan fingerprint density at radius 3 is 2.76 bits per heavy atom. The van der Waals surface area contributed by atoms with Crippen molar-refractivity contribution in [2.75, 3.05) is 13.1 Å². The number of carbonyl (C=O) groups excluding carboxylic acids is 1. The van der Waals surface area contributed by atoms with Crippen molar-refractivity contribution in [1.29, 1.82) is 0 Å². The predicted octanol–water partition coefficient (Wildman–Crippen LogP) is 1.44. The predicted molar refractivity (Wildman–Crippen MR) is 90.1 cm³/mol. The number of aryl methyl sites for hydroxylation is 1. The second kappa shape index (κ2) is 6.46. The van der Waals surface area contributed by atoms with Crippen LogP contribution in [0.5, 0.6) is 5.88 Å². The van der Waals surface area contributed by atoms with E-state index in [2.05, 4.69) is 20.5 Å². The normalized spacial score (nSPS) is 15.5. The Morgan fingerprint density at radius 1 is 1.20 bits per heavy atom. The molecular formula is C17H18N6O2. The summed E-state index contributed by atoms with van der Waals surface area (Å²) in [5, 5.41) is 17.8. The van der Waals surface area contributed by atoms with E-state index in [9.17, 15) is 4.79 Å². The molecule has 1 amide bonds. The number of hydrogen-bond donors (Lipinski definition) is 0. The van der Waals surface area contributed by atoms with E-state index < -0.39 is 0 Å². The molecule has 8 heteroatoms. The van der Waals surface area contributed by atoms with E-state index in [1.165, 1.54) is 4.68 Å². The molecule has 128 valence electrons. The maximum Gasteiger partial charge on any atom is 0.276 e. The highest BCUT2D eigenvalue weighted by Crippen LogP contribution is 2.25. The molecule has 1 fully saturated rings. The van der Waals surface area contributed by atoms with Crippen LogP contribution in [0.3, 0.4) is 0 Å². The number of hydrogen-bond acceptors (Lipinski definition) is 6. The molecule has 1 saturated heterocycles. The molecule has 1 aromatic carbocycles. The molecule has 2 aromatic heterocycles. The third-order valence-corrected chi connectivity index (χ3v) is 4.37. The van der Waals surface area contributed by atoms with E-state index in [1.807, 2.05) is 24.3 Å². The highest BCUT2D eigenvalue weighted by Gasteiger charge is 2.26. The van der Waals surface area contributed by atoms with Crippen LogP contribution < -0.4 is 4.74 Å². The minimum atomic E-state index is -0.0866. The van der Waals surface area contributed by atoms with Gasteiger partial charge in [-0.3, -0.25) is 9.48 Å². The van der Waals surface area contributed by atoms with Crippen molar-refractivity contribution in [3.63, 3.8) is 0 Å². The Morgan fingerprint density at radius 2 is 2.00 bits per heavy atom. The fourth-order valence-electron chi connectivity index (χ4n) is 3.03. The first-order valence-corrected chi connectivity index (χ1v) is 8.23. The molecule has 4 rings (SSSR count). The van der Waals surface area contributed by atoms with Crippen LogP contribution in [0, 0.1) is 0 Å². The van der Waals surface area contributed by atoms with Crippen molar-refractivity contribution >= 4 is 16.7 Å². The van der Waals surface area contributed by atoms with Crippen LogP contribution in [-0.4, -0.2) is 55.2 Å². The van der Waals surface area contributed by atoms with Crippen molar-refractivity contribution in [3.05, 3.63) is 42.4 Å². The lowest BCUT2D eigenvalue weighted by Gasteiger charge is -2.31. The van der Waals surface area contributed by atoms with Crippen LogP contribution in [0.1, 0.15) is 23.3 Å². The largest absolute Gasteiger partial charge is 0.473 e. The Hall–Kier alpha value is -3.03. The molecule has 0 aliphatic carbocycles. The summed E-state index contributed by atoms with van der Waals surface area (Å²) < 4.78 is 7.59. The summed E-state index contributed by atoms with van der Waals surface area (Å²) in [5.74, 6) is 0.466. The maximum absolute atomic E-state index is 12.4. The molecular weight excluding hydrogens is 320 g/mol. The first-order chi connectivity index (χ1) is 12.2. The number of rotatable bonds is 3. The molecule has 0 atom stereocenters. The first-order valence-electron chi connectivity index (χ1n) is 8.23. The van der Waals surface area contributed by atoms with Crippen LogP contribution in [-0.2, 0) is 7.05 Å². The number of ether oxygens (including phenoxy) is 1. The Bertz CT molecular complexity index is 896. The van der Waals surface area contributed by atoms with Crippen molar-refractivity contribution < 1.29 is 9.53 Å². The minimum Gasteiger partial charge on any atom is -0.473 e. The molecule has 1 aliphatic rings. The van der Waals surface area contributed by atoms with Gasteiger partial charge in [0.1, 0.15) is 6.10 Å². The zero-order chi connectivity index (χ0) is 17.2. The molecule has 25 heavy (non-hydrogen) atoms. The number of amides is 1. The first kappa shape index (κ1) is 15.5. The van der Waals surface area contributed by atoms with E-state index in [0.717, 1.165) is 23.6 Å². The molecule has 0 bridgehead atoms. The van der Waals surface area contributed by atoms with Gasteiger partial charge in [-0.2, -0.15) is 5.10 Å². The smallest absolute Gasteiger partial charge is 0.276 e. The van der Waals surface area contributed by atoms with E-state index >= 15 is 0 Å². The van der Waals surface area contributed by atoms with Gasteiger partial charge >= 0.3 is 0 Å². The van der Waals surface area contributed by atoms with Crippen LogP contribution >= 0.6 is 0 Å². The van der Waals surface area contributed by atoms with Gasteiger partial charge in [0, 0.05) is 43.8 Å². The number of likely N-dealkylation sites (tertiary alicyclic amines) is 1. The van der Waals surface area contributed by atoms with E-state index in [-0.39, 0.29) is 12.0 Å². The highest BCUT2D eigenvalue weighted by molar-refractivity contribution is 5.92. The zero-order valence-electron chi connectivity index (χ0n) is 13.9. The lowest BCUT2D eigenvalue weighted by Crippen LogP contribution is -2.42. The molecule has 0 N–H and O–H groups in total. The lowest BCUT2D eigenvalue weighted by molar-refractivity contribution is 0.0583. The molecule has 0 saturated carbocycles. The topological polar surface area (TPSA) is 86.0 Å². The van der Waals surface area contributed by atoms with Gasteiger partial charge in [0.15, 0.2) is 5.69 Å². The average Bonchev–Trinajstić information content (AvgIpc) is 3.08. The molecule has 1 aliphatic heterocycles. The second-order valence-electron chi connectivity index (χ2n) is 6.12. The van der Waals surface area contributed by atoms with Gasteiger partial charge in [0.25, 0.3) is 5.91 Å². The van der Waals surface area contributed by atoms with Crippen molar-refractivity contribution in [1.82, 2.24) is 30.1 Å². The van der Waals surface area contributed by atoms with Gasteiger partial charge in [-0.25, -0.2) is 0 Å². The van der Waals surface area contributed by atoms with E-state index in [1.54, 1.807) is 24.3 Å².